The molecule has 1 aromatic carbocycles. The maximum atomic E-state index is 12.3. The molecule has 0 aliphatic carbocycles. The average Bonchev–Trinajstić information content (AvgIpc) is 3.48. The summed E-state index contributed by atoms with van der Waals surface area (Å²) in [6, 6.07) is 9.13. The smallest absolute Gasteiger partial charge is 0.259 e. The van der Waals surface area contributed by atoms with Gasteiger partial charge < -0.3 is 9.64 Å². The molecule has 1 atom stereocenters. The van der Waals surface area contributed by atoms with Gasteiger partial charge in [-0.3, -0.25) is 13.6 Å². The second-order valence-corrected chi connectivity index (χ2v) is 10.6. The number of imidazole rings is 1. The SMILES string of the molecule is CN(C)C(=O)COc1ccc2ncn(-c3nc(-c4ccc(Cl)s4)nc4c3CS(=O)C4)c2c1. The minimum atomic E-state index is -1.03. The van der Waals surface area contributed by atoms with Gasteiger partial charge in [-0.1, -0.05) is 11.6 Å². The zero-order valence-corrected chi connectivity index (χ0v) is 19.6. The van der Waals surface area contributed by atoms with E-state index in [9.17, 15) is 9.00 Å². The highest BCUT2D eigenvalue weighted by atomic mass is 35.5. The number of aromatic nitrogens is 4. The molecule has 32 heavy (non-hydrogen) atoms. The van der Waals surface area contributed by atoms with Gasteiger partial charge in [0.15, 0.2) is 12.4 Å². The van der Waals surface area contributed by atoms with Crippen molar-refractivity contribution in [3.63, 3.8) is 0 Å². The molecule has 4 aromatic rings. The summed E-state index contributed by atoms with van der Waals surface area (Å²) >= 11 is 7.51. The largest absolute Gasteiger partial charge is 0.484 e. The molecule has 11 heteroatoms. The highest BCUT2D eigenvalue weighted by Crippen LogP contribution is 2.34. The van der Waals surface area contributed by atoms with E-state index in [-0.39, 0.29) is 12.5 Å². The molecule has 1 unspecified atom stereocenters. The summed E-state index contributed by atoms with van der Waals surface area (Å²) < 4.78 is 20.5. The molecule has 8 nitrogen and oxygen atoms in total. The molecule has 3 aromatic heterocycles. The lowest BCUT2D eigenvalue weighted by Gasteiger charge is -2.12. The summed E-state index contributed by atoms with van der Waals surface area (Å²) in [5.74, 6) is 2.39. The Hall–Kier alpha value is -2.82. The molecular weight excluding hydrogens is 470 g/mol. The number of amides is 1. The van der Waals surface area contributed by atoms with Crippen molar-refractivity contribution in [2.45, 2.75) is 11.5 Å². The maximum absolute atomic E-state index is 12.3. The highest BCUT2D eigenvalue weighted by Gasteiger charge is 2.26. The number of fused-ring (bicyclic) bond motifs is 2. The van der Waals surface area contributed by atoms with Gasteiger partial charge >= 0.3 is 0 Å². The Labute approximate surface area is 195 Å². The summed E-state index contributed by atoms with van der Waals surface area (Å²) in [6.45, 7) is -0.0577. The molecule has 5 rings (SSSR count). The number of ether oxygens (including phenoxy) is 1. The van der Waals surface area contributed by atoms with Gasteiger partial charge in [-0.05, 0) is 24.3 Å². The van der Waals surface area contributed by atoms with E-state index in [1.165, 1.54) is 16.2 Å². The molecule has 0 spiro atoms. The van der Waals surface area contributed by atoms with Crippen molar-refractivity contribution >= 4 is 50.7 Å². The monoisotopic (exact) mass is 487 g/mol. The van der Waals surface area contributed by atoms with Crippen LogP contribution in [-0.4, -0.2) is 55.2 Å². The van der Waals surface area contributed by atoms with E-state index >= 15 is 0 Å². The topological polar surface area (TPSA) is 90.2 Å². The van der Waals surface area contributed by atoms with Gasteiger partial charge in [0.05, 0.1) is 37.4 Å². The Morgan fingerprint density at radius 2 is 2.09 bits per heavy atom. The number of hydrogen-bond donors (Lipinski definition) is 0. The van der Waals surface area contributed by atoms with Gasteiger partial charge in [0.2, 0.25) is 0 Å². The lowest BCUT2D eigenvalue weighted by molar-refractivity contribution is -0.130. The average molecular weight is 488 g/mol. The van der Waals surface area contributed by atoms with Gasteiger partial charge in [0.1, 0.15) is 17.9 Å². The van der Waals surface area contributed by atoms with Crippen LogP contribution in [0.2, 0.25) is 4.34 Å². The van der Waals surface area contributed by atoms with E-state index in [4.69, 9.17) is 21.3 Å². The van der Waals surface area contributed by atoms with Gasteiger partial charge in [-0.25, -0.2) is 15.0 Å². The quantitative estimate of drug-likeness (QED) is 0.428. The fourth-order valence-corrected chi connectivity index (χ4v) is 5.65. The first-order chi connectivity index (χ1) is 15.4. The number of rotatable bonds is 5. The Kier molecular flexibility index (Phi) is 5.44. The van der Waals surface area contributed by atoms with E-state index in [0.29, 0.717) is 33.2 Å². The summed E-state index contributed by atoms with van der Waals surface area (Å²) in [4.78, 5) is 28.2. The van der Waals surface area contributed by atoms with E-state index < -0.39 is 10.8 Å². The molecular formula is C21H18ClN5O3S2. The number of carbonyl (C=O) groups excluding carboxylic acids is 1. The molecule has 1 aliphatic heterocycles. The Morgan fingerprint density at radius 3 is 2.84 bits per heavy atom. The zero-order chi connectivity index (χ0) is 22.4. The third kappa shape index (κ3) is 3.89. The van der Waals surface area contributed by atoms with Crippen LogP contribution in [0.15, 0.2) is 36.7 Å². The number of benzene rings is 1. The minimum absolute atomic E-state index is 0.0577. The lowest BCUT2D eigenvalue weighted by Crippen LogP contribution is -2.27. The fourth-order valence-electron chi connectivity index (χ4n) is 3.41. The van der Waals surface area contributed by atoms with Crippen LogP contribution in [0.4, 0.5) is 0 Å². The number of carbonyl (C=O) groups is 1. The molecule has 0 saturated carbocycles. The molecule has 164 valence electrons. The van der Waals surface area contributed by atoms with Gasteiger partial charge in [-0.2, -0.15) is 0 Å². The first-order valence-electron chi connectivity index (χ1n) is 9.70. The summed E-state index contributed by atoms with van der Waals surface area (Å²) in [6.07, 6.45) is 1.69. The fraction of sp³-hybridized carbons (Fsp3) is 0.238. The van der Waals surface area contributed by atoms with Gasteiger partial charge in [-0.15, -0.1) is 11.3 Å². The summed E-state index contributed by atoms with van der Waals surface area (Å²) in [5, 5.41) is 0. The Morgan fingerprint density at radius 1 is 1.25 bits per heavy atom. The third-order valence-electron chi connectivity index (χ3n) is 5.08. The van der Waals surface area contributed by atoms with E-state index in [1.807, 2.05) is 22.8 Å². The van der Waals surface area contributed by atoms with E-state index in [0.717, 1.165) is 27.2 Å². The van der Waals surface area contributed by atoms with Crippen LogP contribution in [0.1, 0.15) is 11.3 Å². The van der Waals surface area contributed by atoms with Crippen molar-refractivity contribution in [3.05, 3.63) is 52.3 Å². The summed E-state index contributed by atoms with van der Waals surface area (Å²) in [5.41, 5.74) is 3.15. The first-order valence-corrected chi connectivity index (χ1v) is 12.4. The Balaban J connectivity index is 1.60. The predicted octanol–water partition coefficient (Wildman–Crippen LogP) is 3.43. The third-order valence-corrected chi connectivity index (χ3v) is 7.51. The van der Waals surface area contributed by atoms with Crippen LogP contribution in [0, 0.1) is 0 Å². The predicted molar refractivity (Wildman–Crippen MR) is 125 cm³/mol. The van der Waals surface area contributed by atoms with Crippen LogP contribution in [0.3, 0.4) is 0 Å². The van der Waals surface area contributed by atoms with Crippen molar-refractivity contribution in [2.75, 3.05) is 20.7 Å². The number of hydrogen-bond acceptors (Lipinski definition) is 7. The van der Waals surface area contributed by atoms with E-state index in [1.54, 1.807) is 32.6 Å². The van der Waals surface area contributed by atoms with Crippen LogP contribution in [0.25, 0.3) is 27.6 Å². The number of halogens is 1. The second kappa shape index (κ2) is 8.27. The van der Waals surface area contributed by atoms with Crippen LogP contribution in [0.5, 0.6) is 5.75 Å². The second-order valence-electron chi connectivity index (χ2n) is 7.47. The lowest BCUT2D eigenvalue weighted by atomic mass is 10.2. The Bertz CT molecular complexity index is 1380. The van der Waals surface area contributed by atoms with Gasteiger partial charge in [0.25, 0.3) is 5.91 Å². The van der Waals surface area contributed by atoms with Crippen molar-refractivity contribution in [2.24, 2.45) is 0 Å². The molecule has 0 saturated heterocycles. The maximum Gasteiger partial charge on any atom is 0.259 e. The van der Waals surface area contributed by atoms with Crippen molar-refractivity contribution in [3.8, 4) is 22.3 Å². The minimum Gasteiger partial charge on any atom is -0.484 e. The highest BCUT2D eigenvalue weighted by molar-refractivity contribution is 7.83. The van der Waals surface area contributed by atoms with Crippen LogP contribution >= 0.6 is 22.9 Å². The number of nitrogens with zero attached hydrogens (tertiary/aromatic N) is 5. The number of thiophene rings is 1. The molecule has 1 aliphatic rings. The van der Waals surface area contributed by atoms with Crippen LogP contribution < -0.4 is 4.74 Å². The molecule has 1 amide bonds. The number of likely N-dealkylation sites (N-methyl/N-ethyl adjacent to an activating group) is 1. The normalized spacial score (nSPS) is 15.2. The standard InChI is InChI=1S/C21H18ClN5O3S2/c1-26(2)19(28)8-30-12-3-4-14-16(7-12)27(11-23-14)21-13-9-32(29)10-15(13)24-20(25-21)17-5-6-18(22)31-17/h3-7,11H,8-10H2,1-2H3. The van der Waals surface area contributed by atoms with Crippen molar-refractivity contribution in [1.82, 2.24) is 24.4 Å². The van der Waals surface area contributed by atoms with Gasteiger partial charge in [0, 0.05) is 36.5 Å². The molecule has 0 fully saturated rings. The van der Waals surface area contributed by atoms with E-state index in [2.05, 4.69) is 9.97 Å². The summed E-state index contributed by atoms with van der Waals surface area (Å²) in [7, 11) is 2.34. The first kappa shape index (κ1) is 21.0. The molecule has 0 radical (unpaired) electrons. The molecule has 4 heterocycles. The van der Waals surface area contributed by atoms with Crippen molar-refractivity contribution < 1.29 is 13.7 Å². The van der Waals surface area contributed by atoms with Crippen molar-refractivity contribution in [1.29, 1.82) is 0 Å². The molecule has 0 N–H and O–H groups in total. The zero-order valence-electron chi connectivity index (χ0n) is 17.2. The van der Waals surface area contributed by atoms with Crippen LogP contribution in [-0.2, 0) is 27.1 Å². The molecule has 0 bridgehead atoms.